The van der Waals surface area contributed by atoms with E-state index >= 15 is 0 Å². The normalized spacial score (nSPS) is 17.6. The van der Waals surface area contributed by atoms with Crippen molar-refractivity contribution < 1.29 is 4.52 Å². The van der Waals surface area contributed by atoms with Gasteiger partial charge in [-0.3, -0.25) is 4.98 Å². The van der Waals surface area contributed by atoms with Crippen LogP contribution in [0.25, 0.3) is 0 Å². The molecule has 0 amide bonds. The number of hydrogen-bond acceptors (Lipinski definition) is 7. The summed E-state index contributed by atoms with van der Waals surface area (Å²) in [6, 6.07) is 4.29. The molecule has 0 aromatic carbocycles. The van der Waals surface area contributed by atoms with Crippen molar-refractivity contribution in [3.63, 3.8) is 0 Å². The van der Waals surface area contributed by atoms with Crippen LogP contribution in [0.4, 0.5) is 11.6 Å². The Kier molecular flexibility index (Phi) is 4.38. The molecule has 1 atom stereocenters. The Morgan fingerprint density at radius 2 is 2.12 bits per heavy atom. The van der Waals surface area contributed by atoms with Gasteiger partial charge in [-0.1, -0.05) is 0 Å². The largest absolute Gasteiger partial charge is 0.370 e. The van der Waals surface area contributed by atoms with E-state index in [1.165, 1.54) is 0 Å². The Labute approximate surface area is 141 Å². The molecule has 0 bridgehead atoms. The molecule has 1 aliphatic heterocycles. The Morgan fingerprint density at radius 1 is 1.33 bits per heavy atom. The van der Waals surface area contributed by atoms with Gasteiger partial charge in [-0.05, 0) is 37.9 Å². The van der Waals surface area contributed by atoms with Gasteiger partial charge < -0.3 is 14.3 Å². The van der Waals surface area contributed by atoms with Crippen molar-refractivity contribution in [1.29, 1.82) is 5.26 Å². The first-order valence-electron chi connectivity index (χ1n) is 8.13. The fourth-order valence-electron chi connectivity index (χ4n) is 3.17. The molecule has 7 nitrogen and oxygen atoms in total. The third-order valence-corrected chi connectivity index (χ3v) is 4.36. The van der Waals surface area contributed by atoms with E-state index < -0.39 is 0 Å². The van der Waals surface area contributed by atoms with Gasteiger partial charge in [0.25, 0.3) is 5.95 Å². The van der Waals surface area contributed by atoms with Crippen molar-refractivity contribution in [3.8, 4) is 6.07 Å². The summed E-state index contributed by atoms with van der Waals surface area (Å²) < 4.78 is 5.45. The lowest BCUT2D eigenvalue weighted by atomic mass is 9.96. The summed E-state index contributed by atoms with van der Waals surface area (Å²) in [5.41, 5.74) is 3.32. The fourth-order valence-corrected chi connectivity index (χ4v) is 3.17. The van der Waals surface area contributed by atoms with Gasteiger partial charge in [-0.15, -0.1) is 0 Å². The molecule has 24 heavy (non-hydrogen) atoms. The molecule has 1 unspecified atom stereocenters. The number of pyridine rings is 1. The first-order chi connectivity index (χ1) is 11.5. The molecule has 0 N–H and O–H groups in total. The average molecular weight is 326 g/mol. The number of piperidine rings is 1. The minimum Gasteiger partial charge on any atom is -0.370 e. The molecule has 1 fully saturated rings. The molecular formula is C17H22N6O. The van der Waals surface area contributed by atoms with E-state index in [2.05, 4.69) is 26.1 Å². The van der Waals surface area contributed by atoms with Crippen LogP contribution < -0.4 is 9.80 Å². The van der Waals surface area contributed by atoms with Crippen molar-refractivity contribution in [1.82, 2.24) is 15.1 Å². The highest BCUT2D eigenvalue weighted by molar-refractivity contribution is 5.62. The number of nitriles is 1. The molecule has 126 valence electrons. The van der Waals surface area contributed by atoms with Gasteiger partial charge in [0.1, 0.15) is 6.07 Å². The number of hydrogen-bond donors (Lipinski definition) is 0. The standard InChI is InChI=1S/C17H22N6O/c1-11-8-15(14(9-18)12(2)19-11)23-7-5-6-13(10-23)16-20-17(21-24-16)22(3)4/h8,13H,5-7,10H2,1-4H3. The van der Waals surface area contributed by atoms with Crippen LogP contribution in [0, 0.1) is 25.2 Å². The van der Waals surface area contributed by atoms with E-state index in [-0.39, 0.29) is 5.92 Å². The molecule has 1 aliphatic rings. The first kappa shape index (κ1) is 16.2. The SMILES string of the molecule is Cc1cc(N2CCCC(c3nc(N(C)C)no3)C2)c(C#N)c(C)n1. The monoisotopic (exact) mass is 326 g/mol. The highest BCUT2D eigenvalue weighted by atomic mass is 16.5. The zero-order valence-corrected chi connectivity index (χ0v) is 14.6. The van der Waals surface area contributed by atoms with Crippen molar-refractivity contribution in [3.05, 3.63) is 28.9 Å². The summed E-state index contributed by atoms with van der Waals surface area (Å²) in [5.74, 6) is 1.44. The number of aryl methyl sites for hydroxylation is 2. The van der Waals surface area contributed by atoms with E-state index in [1.807, 2.05) is 38.9 Å². The minimum absolute atomic E-state index is 0.181. The maximum Gasteiger partial charge on any atom is 0.265 e. The number of nitrogens with zero attached hydrogens (tertiary/aromatic N) is 6. The molecule has 2 aromatic heterocycles. The quantitative estimate of drug-likeness (QED) is 0.856. The lowest BCUT2D eigenvalue weighted by Crippen LogP contribution is -2.35. The molecule has 0 aliphatic carbocycles. The number of aromatic nitrogens is 3. The Morgan fingerprint density at radius 3 is 2.79 bits per heavy atom. The van der Waals surface area contributed by atoms with Crippen LogP contribution in [-0.4, -0.2) is 42.3 Å². The van der Waals surface area contributed by atoms with E-state index in [4.69, 9.17) is 4.52 Å². The lowest BCUT2D eigenvalue weighted by molar-refractivity contribution is 0.333. The molecule has 3 rings (SSSR count). The predicted molar refractivity (Wildman–Crippen MR) is 91.2 cm³/mol. The number of rotatable bonds is 3. The summed E-state index contributed by atoms with van der Waals surface area (Å²) >= 11 is 0. The smallest absolute Gasteiger partial charge is 0.265 e. The van der Waals surface area contributed by atoms with E-state index in [0.29, 0.717) is 17.4 Å². The van der Waals surface area contributed by atoms with Gasteiger partial charge >= 0.3 is 0 Å². The summed E-state index contributed by atoms with van der Waals surface area (Å²) in [4.78, 5) is 13.0. The van der Waals surface area contributed by atoms with Crippen LogP contribution in [0.5, 0.6) is 0 Å². The second-order valence-corrected chi connectivity index (χ2v) is 6.47. The van der Waals surface area contributed by atoms with Crippen molar-refractivity contribution in [2.45, 2.75) is 32.6 Å². The zero-order valence-electron chi connectivity index (χ0n) is 14.6. The van der Waals surface area contributed by atoms with Gasteiger partial charge in [0.15, 0.2) is 0 Å². The molecule has 3 heterocycles. The average Bonchev–Trinajstić information content (AvgIpc) is 3.04. The molecule has 1 saturated heterocycles. The molecule has 0 radical (unpaired) electrons. The second kappa shape index (κ2) is 6.48. The van der Waals surface area contributed by atoms with Gasteiger partial charge in [0.2, 0.25) is 5.89 Å². The van der Waals surface area contributed by atoms with Crippen LogP contribution in [-0.2, 0) is 0 Å². The van der Waals surface area contributed by atoms with Crippen molar-refractivity contribution in [2.75, 3.05) is 37.0 Å². The van der Waals surface area contributed by atoms with Gasteiger partial charge in [-0.2, -0.15) is 10.2 Å². The van der Waals surface area contributed by atoms with Crippen LogP contribution in [0.2, 0.25) is 0 Å². The third kappa shape index (κ3) is 3.04. The highest BCUT2D eigenvalue weighted by Crippen LogP contribution is 2.32. The number of anilines is 2. The maximum absolute atomic E-state index is 9.51. The lowest BCUT2D eigenvalue weighted by Gasteiger charge is -2.33. The van der Waals surface area contributed by atoms with Crippen molar-refractivity contribution >= 4 is 11.6 Å². The van der Waals surface area contributed by atoms with Crippen LogP contribution in [0.3, 0.4) is 0 Å². The molecular weight excluding hydrogens is 304 g/mol. The third-order valence-electron chi connectivity index (χ3n) is 4.36. The molecule has 0 spiro atoms. The summed E-state index contributed by atoms with van der Waals surface area (Å²) in [6.45, 7) is 5.54. The fraction of sp³-hybridized carbons (Fsp3) is 0.529. The maximum atomic E-state index is 9.51. The minimum atomic E-state index is 0.181. The summed E-state index contributed by atoms with van der Waals surface area (Å²) in [6.07, 6.45) is 2.03. The zero-order chi connectivity index (χ0) is 17.3. The van der Waals surface area contributed by atoms with Gasteiger partial charge in [0.05, 0.1) is 22.9 Å². The van der Waals surface area contributed by atoms with E-state index in [1.54, 1.807) is 0 Å². The van der Waals surface area contributed by atoms with Crippen LogP contribution >= 0.6 is 0 Å². The summed E-state index contributed by atoms with van der Waals surface area (Å²) in [7, 11) is 3.78. The van der Waals surface area contributed by atoms with E-state index in [9.17, 15) is 5.26 Å². The van der Waals surface area contributed by atoms with Crippen LogP contribution in [0.15, 0.2) is 10.6 Å². The Hall–Kier alpha value is -2.62. The van der Waals surface area contributed by atoms with Crippen LogP contribution in [0.1, 0.15) is 41.6 Å². The topological polar surface area (TPSA) is 82.1 Å². The molecule has 2 aromatic rings. The predicted octanol–water partition coefficient (Wildman–Crippen LogP) is 2.40. The Balaban J connectivity index is 1.87. The molecule has 7 heteroatoms. The van der Waals surface area contributed by atoms with Gasteiger partial charge in [0, 0.05) is 32.9 Å². The second-order valence-electron chi connectivity index (χ2n) is 6.47. The first-order valence-corrected chi connectivity index (χ1v) is 8.13. The highest BCUT2D eigenvalue weighted by Gasteiger charge is 2.28. The Bertz CT molecular complexity index is 776. The summed E-state index contributed by atoms with van der Waals surface area (Å²) in [5, 5.41) is 13.5. The van der Waals surface area contributed by atoms with Crippen molar-refractivity contribution in [2.24, 2.45) is 0 Å². The van der Waals surface area contributed by atoms with E-state index in [0.717, 1.165) is 43.0 Å². The van der Waals surface area contributed by atoms with Gasteiger partial charge in [-0.25, -0.2) is 0 Å². The molecule has 0 saturated carbocycles.